The van der Waals surface area contributed by atoms with Gasteiger partial charge < -0.3 is 4.84 Å². The van der Waals surface area contributed by atoms with E-state index in [0.29, 0.717) is 6.04 Å². The molecule has 0 amide bonds. The minimum Gasteiger partial charge on any atom is -0.394 e. The average Bonchev–Trinajstić information content (AvgIpc) is 2.37. The number of hydrogen-bond donors (Lipinski definition) is 0. The van der Waals surface area contributed by atoms with Gasteiger partial charge in [-0.3, -0.25) is 4.90 Å². The van der Waals surface area contributed by atoms with Gasteiger partial charge in [0, 0.05) is 12.3 Å². The molecule has 1 atom stereocenters. The van der Waals surface area contributed by atoms with Crippen molar-refractivity contribution in [1.82, 2.24) is 4.90 Å². The van der Waals surface area contributed by atoms with Gasteiger partial charge in [-0.15, -0.1) is 0 Å². The van der Waals surface area contributed by atoms with E-state index >= 15 is 0 Å². The highest BCUT2D eigenvalue weighted by Crippen LogP contribution is 2.14. The summed E-state index contributed by atoms with van der Waals surface area (Å²) in [4.78, 5) is 7.39. The van der Waals surface area contributed by atoms with E-state index in [-0.39, 0.29) is 0 Å². The first-order valence-corrected chi connectivity index (χ1v) is 4.14. The van der Waals surface area contributed by atoms with Gasteiger partial charge in [-0.05, 0) is 33.4 Å². The van der Waals surface area contributed by atoms with Gasteiger partial charge in [-0.2, -0.15) is 0 Å². The van der Waals surface area contributed by atoms with E-state index in [4.69, 9.17) is 4.84 Å². The Bertz CT molecular complexity index is 136. The first kappa shape index (κ1) is 8.53. The Balaban J connectivity index is 2.15. The summed E-state index contributed by atoms with van der Waals surface area (Å²) >= 11 is 0. The zero-order valence-electron chi connectivity index (χ0n) is 7.29. The number of hydrogen-bond acceptors (Lipinski definition) is 3. The highest BCUT2D eigenvalue weighted by atomic mass is 16.6. The SMILES string of the molecule is CC=NOCC1CCCN1C. The first-order valence-electron chi connectivity index (χ1n) is 4.14. The highest BCUT2D eigenvalue weighted by molar-refractivity contribution is 5.52. The Morgan fingerprint density at radius 1 is 1.73 bits per heavy atom. The molecule has 64 valence electrons. The van der Waals surface area contributed by atoms with Crippen molar-refractivity contribution in [3.8, 4) is 0 Å². The summed E-state index contributed by atoms with van der Waals surface area (Å²) in [5, 5.41) is 3.72. The lowest BCUT2D eigenvalue weighted by molar-refractivity contribution is 0.0928. The molecule has 11 heavy (non-hydrogen) atoms. The molecule has 0 bridgehead atoms. The van der Waals surface area contributed by atoms with Gasteiger partial charge in [-0.25, -0.2) is 0 Å². The average molecular weight is 156 g/mol. The summed E-state index contributed by atoms with van der Waals surface area (Å²) in [6.45, 7) is 3.79. The number of rotatable bonds is 3. The largest absolute Gasteiger partial charge is 0.394 e. The maximum Gasteiger partial charge on any atom is 0.132 e. The number of likely N-dealkylation sites (tertiary alicyclic amines) is 1. The number of nitrogens with zero attached hydrogens (tertiary/aromatic N) is 2. The zero-order chi connectivity index (χ0) is 8.10. The molecule has 0 aliphatic carbocycles. The monoisotopic (exact) mass is 156 g/mol. The minimum absolute atomic E-state index is 0.582. The summed E-state index contributed by atoms with van der Waals surface area (Å²) in [6, 6.07) is 0.582. The molecule has 3 nitrogen and oxygen atoms in total. The predicted octanol–water partition coefficient (Wildman–Crippen LogP) is 1.10. The number of oxime groups is 1. The minimum atomic E-state index is 0.582. The standard InChI is InChI=1S/C8H16N2O/c1-3-9-11-7-8-5-4-6-10(8)2/h3,8H,4-7H2,1-2H3. The lowest BCUT2D eigenvalue weighted by Gasteiger charge is -2.17. The summed E-state index contributed by atoms with van der Waals surface area (Å²) < 4.78 is 0. The second-order valence-electron chi connectivity index (χ2n) is 2.94. The van der Waals surface area contributed by atoms with Gasteiger partial charge in [0.2, 0.25) is 0 Å². The van der Waals surface area contributed by atoms with Crippen LogP contribution in [0.2, 0.25) is 0 Å². The van der Waals surface area contributed by atoms with Crippen molar-refractivity contribution in [1.29, 1.82) is 0 Å². The maximum atomic E-state index is 5.06. The molecule has 0 aromatic heterocycles. The fourth-order valence-electron chi connectivity index (χ4n) is 1.39. The summed E-state index contributed by atoms with van der Waals surface area (Å²) in [5.41, 5.74) is 0. The Hall–Kier alpha value is -0.570. The van der Waals surface area contributed by atoms with Crippen LogP contribution in [0.3, 0.4) is 0 Å². The molecule has 1 unspecified atom stereocenters. The van der Waals surface area contributed by atoms with Crippen LogP contribution in [0, 0.1) is 0 Å². The second-order valence-corrected chi connectivity index (χ2v) is 2.94. The summed E-state index contributed by atoms with van der Waals surface area (Å²) in [6.07, 6.45) is 4.21. The van der Waals surface area contributed by atoms with E-state index in [0.717, 1.165) is 6.61 Å². The smallest absolute Gasteiger partial charge is 0.132 e. The fourth-order valence-corrected chi connectivity index (χ4v) is 1.39. The van der Waals surface area contributed by atoms with E-state index in [1.54, 1.807) is 6.21 Å². The van der Waals surface area contributed by atoms with Crippen LogP contribution in [0.5, 0.6) is 0 Å². The quantitative estimate of drug-likeness (QED) is 0.451. The first-order chi connectivity index (χ1) is 5.34. The van der Waals surface area contributed by atoms with Crippen molar-refractivity contribution < 1.29 is 4.84 Å². The van der Waals surface area contributed by atoms with Gasteiger partial charge in [0.05, 0.1) is 0 Å². The van der Waals surface area contributed by atoms with Crippen molar-refractivity contribution >= 4 is 6.21 Å². The Morgan fingerprint density at radius 2 is 2.55 bits per heavy atom. The molecule has 1 aliphatic rings. The van der Waals surface area contributed by atoms with Crippen molar-refractivity contribution in [2.45, 2.75) is 25.8 Å². The Kier molecular flexibility index (Phi) is 3.36. The van der Waals surface area contributed by atoms with E-state index in [2.05, 4.69) is 17.1 Å². The molecule has 0 spiro atoms. The molecule has 0 aromatic carbocycles. The third-order valence-corrected chi connectivity index (χ3v) is 2.12. The van der Waals surface area contributed by atoms with Gasteiger partial charge in [0.1, 0.15) is 6.61 Å². The van der Waals surface area contributed by atoms with Crippen molar-refractivity contribution in [2.24, 2.45) is 5.16 Å². The lowest BCUT2D eigenvalue weighted by atomic mass is 10.2. The zero-order valence-corrected chi connectivity index (χ0v) is 7.29. The van der Waals surface area contributed by atoms with Crippen LogP contribution in [-0.2, 0) is 4.84 Å². The topological polar surface area (TPSA) is 24.8 Å². The van der Waals surface area contributed by atoms with Crippen LogP contribution >= 0.6 is 0 Å². The molecule has 3 heteroatoms. The normalized spacial score (nSPS) is 26.5. The Morgan fingerprint density at radius 3 is 3.09 bits per heavy atom. The van der Waals surface area contributed by atoms with Gasteiger partial charge in [-0.1, -0.05) is 5.16 Å². The molecule has 0 N–H and O–H groups in total. The van der Waals surface area contributed by atoms with E-state index in [9.17, 15) is 0 Å². The predicted molar refractivity (Wildman–Crippen MR) is 45.8 cm³/mol. The van der Waals surface area contributed by atoms with Gasteiger partial charge in [0.15, 0.2) is 0 Å². The molecule has 0 aromatic rings. The lowest BCUT2D eigenvalue weighted by Crippen LogP contribution is -2.28. The van der Waals surface area contributed by atoms with Crippen molar-refractivity contribution in [2.75, 3.05) is 20.2 Å². The van der Waals surface area contributed by atoms with Gasteiger partial charge in [0.25, 0.3) is 0 Å². The van der Waals surface area contributed by atoms with Crippen molar-refractivity contribution in [3.63, 3.8) is 0 Å². The van der Waals surface area contributed by atoms with Crippen LogP contribution in [0.25, 0.3) is 0 Å². The van der Waals surface area contributed by atoms with Gasteiger partial charge >= 0.3 is 0 Å². The van der Waals surface area contributed by atoms with Crippen LogP contribution < -0.4 is 0 Å². The van der Waals surface area contributed by atoms with Crippen LogP contribution in [-0.4, -0.2) is 37.4 Å². The third kappa shape index (κ3) is 2.50. The Labute approximate surface area is 68.0 Å². The summed E-state index contributed by atoms with van der Waals surface area (Å²) in [5.74, 6) is 0. The molecule has 1 rings (SSSR count). The van der Waals surface area contributed by atoms with Crippen molar-refractivity contribution in [3.05, 3.63) is 0 Å². The molecule has 1 aliphatic heterocycles. The van der Waals surface area contributed by atoms with Crippen LogP contribution in [0.4, 0.5) is 0 Å². The number of likely N-dealkylation sites (N-methyl/N-ethyl adjacent to an activating group) is 1. The molecule has 0 saturated carbocycles. The molecule has 1 saturated heterocycles. The van der Waals surface area contributed by atoms with Crippen LogP contribution in [0.1, 0.15) is 19.8 Å². The van der Waals surface area contributed by atoms with Crippen LogP contribution in [0.15, 0.2) is 5.16 Å². The maximum absolute atomic E-state index is 5.06. The fraction of sp³-hybridized carbons (Fsp3) is 0.875. The van der Waals surface area contributed by atoms with E-state index in [1.807, 2.05) is 6.92 Å². The molecule has 1 fully saturated rings. The second kappa shape index (κ2) is 4.34. The van der Waals surface area contributed by atoms with E-state index in [1.165, 1.54) is 19.4 Å². The molecule has 1 heterocycles. The van der Waals surface area contributed by atoms with E-state index < -0.39 is 0 Å². The molecular formula is C8H16N2O. The molecular weight excluding hydrogens is 140 g/mol. The molecule has 0 radical (unpaired) electrons. The highest BCUT2D eigenvalue weighted by Gasteiger charge is 2.20. The third-order valence-electron chi connectivity index (χ3n) is 2.12. The summed E-state index contributed by atoms with van der Waals surface area (Å²) in [7, 11) is 2.14.